The van der Waals surface area contributed by atoms with Crippen molar-refractivity contribution < 1.29 is 9.21 Å². The summed E-state index contributed by atoms with van der Waals surface area (Å²) in [4.78, 5) is 11.9. The first-order chi connectivity index (χ1) is 12.2. The van der Waals surface area contributed by atoms with Crippen molar-refractivity contribution in [1.82, 2.24) is 4.57 Å². The molecule has 0 bridgehead atoms. The zero-order valence-electron chi connectivity index (χ0n) is 13.6. The van der Waals surface area contributed by atoms with Gasteiger partial charge in [0.2, 0.25) is 0 Å². The molecule has 4 heteroatoms. The van der Waals surface area contributed by atoms with Gasteiger partial charge < -0.3 is 14.7 Å². The number of furan rings is 1. The Morgan fingerprint density at radius 2 is 2.04 bits per heavy atom. The van der Waals surface area contributed by atoms with Crippen LogP contribution in [-0.2, 0) is 6.54 Å². The molecule has 1 radical (unpaired) electrons. The molecule has 4 aromatic rings. The van der Waals surface area contributed by atoms with Gasteiger partial charge >= 0.3 is 0 Å². The van der Waals surface area contributed by atoms with E-state index in [9.17, 15) is 4.79 Å². The van der Waals surface area contributed by atoms with Gasteiger partial charge in [-0.1, -0.05) is 30.3 Å². The van der Waals surface area contributed by atoms with Crippen molar-refractivity contribution in [3.8, 4) is 0 Å². The summed E-state index contributed by atoms with van der Waals surface area (Å²) in [7, 11) is 0. The summed E-state index contributed by atoms with van der Waals surface area (Å²) in [5.41, 5.74) is 9.20. The molecular formula is C21H17N2O2. The van der Waals surface area contributed by atoms with Gasteiger partial charge in [0.1, 0.15) is 11.3 Å². The minimum Gasteiger partial charge on any atom is -0.459 e. The zero-order valence-corrected chi connectivity index (χ0v) is 13.6. The van der Waals surface area contributed by atoms with Crippen LogP contribution >= 0.6 is 0 Å². The van der Waals surface area contributed by atoms with Gasteiger partial charge in [-0.05, 0) is 42.5 Å². The molecule has 1 unspecified atom stereocenters. The number of fused-ring (bicyclic) bond motifs is 2. The lowest BCUT2D eigenvalue weighted by Crippen LogP contribution is -2.13. The number of carbonyl (C=O) groups excluding carboxylic acids is 1. The van der Waals surface area contributed by atoms with Crippen molar-refractivity contribution in [3.63, 3.8) is 0 Å². The topological polar surface area (TPSA) is 61.2 Å². The van der Waals surface area contributed by atoms with Crippen LogP contribution in [-0.4, -0.2) is 10.5 Å². The monoisotopic (exact) mass is 329 g/mol. The van der Waals surface area contributed by atoms with Gasteiger partial charge in [-0.15, -0.1) is 0 Å². The van der Waals surface area contributed by atoms with Crippen LogP contribution in [0.4, 0.5) is 0 Å². The average Bonchev–Trinajstić information content (AvgIpc) is 3.27. The van der Waals surface area contributed by atoms with E-state index in [1.54, 1.807) is 6.07 Å². The van der Waals surface area contributed by atoms with Gasteiger partial charge in [0.05, 0.1) is 17.6 Å². The van der Waals surface area contributed by atoms with Crippen molar-refractivity contribution >= 4 is 27.8 Å². The number of amides is 1. The normalized spacial score (nSPS) is 14.4. The fourth-order valence-electron chi connectivity index (χ4n) is 3.61. The fraction of sp³-hybridized carbons (Fsp3) is 0.143. The third-order valence-corrected chi connectivity index (χ3v) is 4.87. The first-order valence-corrected chi connectivity index (χ1v) is 8.43. The van der Waals surface area contributed by atoms with Crippen LogP contribution in [0.3, 0.4) is 0 Å². The maximum atomic E-state index is 11.9. The molecule has 1 amide bonds. The zero-order chi connectivity index (χ0) is 17.0. The number of hydrogen-bond donors (Lipinski definition) is 1. The lowest BCUT2D eigenvalue weighted by Gasteiger charge is -2.06. The fourth-order valence-corrected chi connectivity index (χ4v) is 3.61. The summed E-state index contributed by atoms with van der Waals surface area (Å²) in [5, 5.41) is 2.19. The van der Waals surface area contributed by atoms with E-state index >= 15 is 0 Å². The first kappa shape index (κ1) is 14.3. The molecule has 1 aliphatic carbocycles. The second-order valence-corrected chi connectivity index (χ2v) is 6.61. The lowest BCUT2D eigenvalue weighted by atomic mass is 10.1. The van der Waals surface area contributed by atoms with E-state index in [0.29, 0.717) is 18.0 Å². The number of para-hydroxylation sites is 2. The van der Waals surface area contributed by atoms with E-state index in [-0.39, 0.29) is 0 Å². The molecule has 25 heavy (non-hydrogen) atoms. The predicted octanol–water partition coefficient (Wildman–Crippen LogP) is 4.23. The summed E-state index contributed by atoms with van der Waals surface area (Å²) < 4.78 is 8.05. The first-order valence-electron chi connectivity index (χ1n) is 8.43. The van der Waals surface area contributed by atoms with E-state index in [2.05, 4.69) is 29.3 Å². The van der Waals surface area contributed by atoms with E-state index in [4.69, 9.17) is 10.2 Å². The molecular weight excluding hydrogens is 312 g/mol. The van der Waals surface area contributed by atoms with Gasteiger partial charge in [-0.2, -0.15) is 0 Å². The molecule has 1 saturated carbocycles. The molecule has 4 nitrogen and oxygen atoms in total. The minimum absolute atomic E-state index is 0.402. The van der Waals surface area contributed by atoms with Crippen molar-refractivity contribution in [2.24, 2.45) is 5.73 Å². The summed E-state index contributed by atoms with van der Waals surface area (Å²) in [5.74, 6) is 0.937. The SMILES string of the molecule is NC(=O)c1cccc2c(C3[CH]C3)cn(Cc3cc4ccccc4o3)c12. The molecule has 0 saturated heterocycles. The maximum absolute atomic E-state index is 11.9. The Labute approximate surface area is 144 Å². The molecule has 2 aromatic carbocycles. The average molecular weight is 329 g/mol. The van der Waals surface area contributed by atoms with Gasteiger partial charge in [-0.25, -0.2) is 0 Å². The number of primary amides is 1. The molecule has 2 N–H and O–H groups in total. The van der Waals surface area contributed by atoms with Gasteiger partial charge in [-0.3, -0.25) is 4.79 Å². The van der Waals surface area contributed by atoms with Crippen LogP contribution in [0.5, 0.6) is 0 Å². The van der Waals surface area contributed by atoms with Crippen molar-refractivity contribution in [1.29, 1.82) is 0 Å². The summed E-state index contributed by atoms with van der Waals surface area (Å²) >= 11 is 0. The number of hydrogen-bond acceptors (Lipinski definition) is 2. The minimum atomic E-state index is -0.402. The number of aromatic nitrogens is 1. The molecule has 2 heterocycles. The predicted molar refractivity (Wildman–Crippen MR) is 97.4 cm³/mol. The highest BCUT2D eigenvalue weighted by Crippen LogP contribution is 2.43. The number of benzene rings is 2. The Balaban J connectivity index is 1.67. The van der Waals surface area contributed by atoms with Crippen LogP contribution in [0.15, 0.2) is 59.1 Å². The molecule has 0 spiro atoms. The van der Waals surface area contributed by atoms with Crippen LogP contribution < -0.4 is 5.73 Å². The molecule has 1 fully saturated rings. The second-order valence-electron chi connectivity index (χ2n) is 6.61. The van der Waals surface area contributed by atoms with Gasteiger partial charge in [0, 0.05) is 17.0 Å². The van der Waals surface area contributed by atoms with Crippen molar-refractivity contribution in [2.75, 3.05) is 0 Å². The van der Waals surface area contributed by atoms with Crippen LogP contribution in [0, 0.1) is 6.42 Å². The van der Waals surface area contributed by atoms with E-state index < -0.39 is 5.91 Å². The van der Waals surface area contributed by atoms with Gasteiger partial charge in [0.25, 0.3) is 5.91 Å². The van der Waals surface area contributed by atoms with E-state index in [1.807, 2.05) is 30.3 Å². The number of nitrogens with two attached hydrogens (primary N) is 1. The molecule has 0 aliphatic heterocycles. The third kappa shape index (κ3) is 2.33. The number of rotatable bonds is 4. The Morgan fingerprint density at radius 3 is 2.80 bits per heavy atom. The second kappa shape index (κ2) is 5.24. The summed E-state index contributed by atoms with van der Waals surface area (Å²) in [6.07, 6.45) is 5.50. The van der Waals surface area contributed by atoms with Crippen LogP contribution in [0.25, 0.3) is 21.9 Å². The molecule has 1 atom stereocenters. The van der Waals surface area contributed by atoms with Gasteiger partial charge in [0.15, 0.2) is 0 Å². The highest BCUT2D eigenvalue weighted by atomic mass is 16.3. The molecule has 123 valence electrons. The highest BCUT2D eigenvalue weighted by molar-refractivity contribution is 6.06. The summed E-state index contributed by atoms with van der Waals surface area (Å²) in [6.45, 7) is 0.572. The van der Waals surface area contributed by atoms with Crippen molar-refractivity contribution in [2.45, 2.75) is 18.9 Å². The molecule has 2 aromatic heterocycles. The van der Waals surface area contributed by atoms with Crippen LogP contribution in [0.2, 0.25) is 0 Å². The van der Waals surface area contributed by atoms with E-state index in [1.165, 1.54) is 5.56 Å². The Bertz CT molecular complexity index is 1080. The van der Waals surface area contributed by atoms with Crippen LogP contribution in [0.1, 0.15) is 34.0 Å². The standard InChI is InChI=1S/C21H17N2O2/c22-21(24)17-6-3-5-16-18(13-8-9-13)12-23(20(16)17)11-15-10-14-4-1-2-7-19(14)25-15/h1-8,10,12-13H,9,11H2,(H2,22,24). The molecule has 5 rings (SSSR count). The van der Waals surface area contributed by atoms with E-state index in [0.717, 1.165) is 34.1 Å². The maximum Gasteiger partial charge on any atom is 0.250 e. The number of carbonyl (C=O) groups is 1. The Hall–Kier alpha value is -3.01. The van der Waals surface area contributed by atoms with Crippen molar-refractivity contribution in [3.05, 3.63) is 78.0 Å². The molecule has 1 aliphatic rings. The smallest absolute Gasteiger partial charge is 0.250 e. The summed E-state index contributed by atoms with van der Waals surface area (Å²) in [6, 6.07) is 15.8. The largest absolute Gasteiger partial charge is 0.459 e. The quantitative estimate of drug-likeness (QED) is 0.609. The third-order valence-electron chi connectivity index (χ3n) is 4.87. The number of nitrogens with zero attached hydrogens (tertiary/aromatic N) is 1. The Kier molecular flexibility index (Phi) is 3.01. The Morgan fingerprint density at radius 1 is 1.20 bits per heavy atom. The highest BCUT2D eigenvalue weighted by Gasteiger charge is 2.28. The lowest BCUT2D eigenvalue weighted by molar-refractivity contribution is 0.100.